The third-order valence-electron chi connectivity index (χ3n) is 3.32. The van der Waals surface area contributed by atoms with E-state index in [-0.39, 0.29) is 16.3 Å². The molecule has 2 aromatic heterocycles. The van der Waals surface area contributed by atoms with E-state index in [0.29, 0.717) is 16.1 Å². The Balaban J connectivity index is 1.96. The number of aromatic nitrogens is 2. The fraction of sp³-hybridized carbons (Fsp3) is 0.0625. The monoisotopic (exact) mass is 361 g/mol. The van der Waals surface area contributed by atoms with Crippen molar-refractivity contribution < 1.29 is 14.7 Å². The van der Waals surface area contributed by atoms with E-state index in [9.17, 15) is 14.7 Å². The number of amides is 1. The molecule has 0 saturated carbocycles. The molecule has 0 spiro atoms. The highest BCUT2D eigenvalue weighted by atomic mass is 35.5. The van der Waals surface area contributed by atoms with E-state index in [4.69, 9.17) is 11.6 Å². The lowest BCUT2D eigenvalue weighted by atomic mass is 10.0. The van der Waals surface area contributed by atoms with Crippen LogP contribution in [0.4, 0.5) is 5.00 Å². The van der Waals surface area contributed by atoms with Gasteiger partial charge >= 0.3 is 5.97 Å². The van der Waals surface area contributed by atoms with E-state index in [1.54, 1.807) is 47.5 Å². The molecule has 0 aliphatic rings. The maximum Gasteiger partial charge on any atom is 0.339 e. The molecule has 8 heteroatoms. The van der Waals surface area contributed by atoms with Gasteiger partial charge < -0.3 is 15.0 Å². The zero-order valence-electron chi connectivity index (χ0n) is 12.5. The molecule has 1 aromatic carbocycles. The van der Waals surface area contributed by atoms with Crippen LogP contribution >= 0.6 is 22.9 Å². The lowest BCUT2D eigenvalue weighted by molar-refractivity contribution is 0.0699. The maximum absolute atomic E-state index is 12.2. The first-order valence-electron chi connectivity index (χ1n) is 6.85. The summed E-state index contributed by atoms with van der Waals surface area (Å²) >= 11 is 7.02. The fourth-order valence-corrected chi connectivity index (χ4v) is 3.28. The summed E-state index contributed by atoms with van der Waals surface area (Å²) in [6, 6.07) is 6.85. The zero-order chi connectivity index (χ0) is 17.3. The predicted molar refractivity (Wildman–Crippen MR) is 92.9 cm³/mol. The van der Waals surface area contributed by atoms with E-state index in [1.807, 2.05) is 0 Å². The molecule has 3 aromatic rings. The summed E-state index contributed by atoms with van der Waals surface area (Å²) in [6.45, 7) is 0. The number of imidazole rings is 1. The minimum Gasteiger partial charge on any atom is -0.478 e. The molecule has 0 aliphatic heterocycles. The minimum atomic E-state index is -1.11. The number of carboxylic acids is 1. The van der Waals surface area contributed by atoms with Crippen LogP contribution in [0.5, 0.6) is 0 Å². The van der Waals surface area contributed by atoms with Crippen molar-refractivity contribution in [3.63, 3.8) is 0 Å². The molecule has 122 valence electrons. The molecule has 3 rings (SSSR count). The molecule has 0 bridgehead atoms. The molecule has 1 amide bonds. The van der Waals surface area contributed by atoms with Crippen molar-refractivity contribution in [3.05, 3.63) is 58.4 Å². The van der Waals surface area contributed by atoms with Crippen molar-refractivity contribution in [2.75, 3.05) is 5.32 Å². The van der Waals surface area contributed by atoms with Crippen LogP contribution in [0.1, 0.15) is 20.8 Å². The highest BCUT2D eigenvalue weighted by molar-refractivity contribution is 7.15. The van der Waals surface area contributed by atoms with Crippen LogP contribution in [0.15, 0.2) is 42.2 Å². The van der Waals surface area contributed by atoms with Crippen molar-refractivity contribution in [2.45, 2.75) is 0 Å². The topological polar surface area (TPSA) is 84.2 Å². The van der Waals surface area contributed by atoms with E-state index in [2.05, 4.69) is 10.3 Å². The van der Waals surface area contributed by atoms with E-state index >= 15 is 0 Å². The summed E-state index contributed by atoms with van der Waals surface area (Å²) in [4.78, 5) is 27.8. The van der Waals surface area contributed by atoms with E-state index < -0.39 is 11.9 Å². The Morgan fingerprint density at radius 1 is 1.29 bits per heavy atom. The third kappa shape index (κ3) is 3.17. The Kier molecular flexibility index (Phi) is 4.37. The Morgan fingerprint density at radius 3 is 2.58 bits per heavy atom. The normalized spacial score (nSPS) is 10.6. The van der Waals surface area contributed by atoms with E-state index in [1.165, 1.54) is 6.33 Å². The third-order valence-corrected chi connectivity index (χ3v) is 4.47. The molecule has 6 nitrogen and oxygen atoms in total. The van der Waals surface area contributed by atoms with Crippen LogP contribution in [0, 0.1) is 0 Å². The second-order valence-corrected chi connectivity index (χ2v) is 6.36. The van der Waals surface area contributed by atoms with Gasteiger partial charge in [0.05, 0.1) is 6.33 Å². The van der Waals surface area contributed by atoms with Crippen LogP contribution in [0.3, 0.4) is 0 Å². The summed E-state index contributed by atoms with van der Waals surface area (Å²) in [7, 11) is 1.75. The number of nitrogens with zero attached hydrogens (tertiary/aromatic N) is 2. The lowest BCUT2D eigenvalue weighted by Crippen LogP contribution is -2.14. The van der Waals surface area contributed by atoms with E-state index in [0.717, 1.165) is 11.3 Å². The molecule has 24 heavy (non-hydrogen) atoms. The molecular weight excluding hydrogens is 350 g/mol. The van der Waals surface area contributed by atoms with Gasteiger partial charge in [-0.05, 0) is 17.7 Å². The number of anilines is 1. The van der Waals surface area contributed by atoms with Crippen LogP contribution < -0.4 is 5.32 Å². The fourth-order valence-electron chi connectivity index (χ4n) is 2.20. The Hall–Kier alpha value is -2.64. The Morgan fingerprint density at radius 2 is 2.00 bits per heavy atom. The first kappa shape index (κ1) is 16.2. The summed E-state index contributed by atoms with van der Waals surface area (Å²) in [6.07, 6.45) is 3.06. The molecule has 0 fully saturated rings. The average molecular weight is 362 g/mol. The minimum absolute atomic E-state index is 0.0478. The van der Waals surface area contributed by atoms with Gasteiger partial charge in [0.15, 0.2) is 0 Å². The summed E-state index contributed by atoms with van der Waals surface area (Å²) in [5.74, 6) is -1.57. The van der Waals surface area contributed by atoms with Crippen LogP contribution in [-0.4, -0.2) is 26.5 Å². The largest absolute Gasteiger partial charge is 0.478 e. The zero-order valence-corrected chi connectivity index (χ0v) is 14.1. The Labute approximate surface area is 146 Å². The molecule has 0 aliphatic carbocycles. The number of aromatic carboxylic acids is 1. The quantitative estimate of drug-likeness (QED) is 0.741. The highest BCUT2D eigenvalue weighted by Gasteiger charge is 2.22. The van der Waals surface area contributed by atoms with Gasteiger partial charge in [-0.15, -0.1) is 11.3 Å². The molecule has 0 saturated heterocycles. The number of rotatable bonds is 4. The molecule has 0 atom stereocenters. The Bertz CT molecular complexity index is 915. The van der Waals surface area contributed by atoms with Crippen molar-refractivity contribution in [3.8, 4) is 11.1 Å². The number of benzene rings is 1. The van der Waals surface area contributed by atoms with Crippen LogP contribution in [0.2, 0.25) is 5.02 Å². The van der Waals surface area contributed by atoms with Gasteiger partial charge in [0.2, 0.25) is 0 Å². The summed E-state index contributed by atoms with van der Waals surface area (Å²) in [5.41, 5.74) is 1.51. The van der Waals surface area contributed by atoms with Crippen molar-refractivity contribution >= 4 is 39.8 Å². The number of hydrogen-bond acceptors (Lipinski definition) is 4. The first-order valence-corrected chi connectivity index (χ1v) is 8.11. The SMILES string of the molecule is Cn1cnc(C(=O)Nc2scc(-c3ccc(Cl)cc3)c2C(=O)O)c1. The molecule has 0 unspecified atom stereocenters. The van der Waals surface area contributed by atoms with Crippen LogP contribution in [-0.2, 0) is 7.05 Å². The number of thiophene rings is 1. The number of carboxylic acid groups (broad SMARTS) is 1. The van der Waals surface area contributed by atoms with Gasteiger partial charge in [0.1, 0.15) is 16.3 Å². The van der Waals surface area contributed by atoms with Crippen molar-refractivity contribution in [2.24, 2.45) is 7.05 Å². The standard InChI is InChI=1S/C16H12ClN3O3S/c1-20-6-12(18-8-20)14(21)19-15-13(16(22)23)11(7-24-15)9-2-4-10(17)5-3-9/h2-8H,1H3,(H,19,21)(H,22,23). The van der Waals surface area contributed by atoms with Crippen molar-refractivity contribution in [1.82, 2.24) is 9.55 Å². The number of aryl methyl sites for hydroxylation is 1. The maximum atomic E-state index is 12.2. The van der Waals surface area contributed by atoms with Gasteiger partial charge in [0, 0.05) is 29.2 Å². The number of carbonyl (C=O) groups is 2. The van der Waals surface area contributed by atoms with Gasteiger partial charge in [0.25, 0.3) is 5.91 Å². The molecular formula is C16H12ClN3O3S. The number of nitrogens with one attached hydrogen (secondary N) is 1. The lowest BCUT2D eigenvalue weighted by Gasteiger charge is -2.05. The molecule has 0 radical (unpaired) electrons. The van der Waals surface area contributed by atoms with Crippen LogP contribution in [0.25, 0.3) is 11.1 Å². The second kappa shape index (κ2) is 6.46. The number of carbonyl (C=O) groups excluding carboxylic acids is 1. The van der Waals surface area contributed by atoms with Crippen molar-refractivity contribution in [1.29, 1.82) is 0 Å². The predicted octanol–water partition coefficient (Wildman–Crippen LogP) is 3.75. The smallest absolute Gasteiger partial charge is 0.339 e. The molecule has 2 heterocycles. The number of halogens is 1. The average Bonchev–Trinajstić information content (AvgIpc) is 3.14. The first-order chi connectivity index (χ1) is 11.5. The van der Waals surface area contributed by atoms with Gasteiger partial charge in [-0.25, -0.2) is 9.78 Å². The highest BCUT2D eigenvalue weighted by Crippen LogP contribution is 2.36. The van der Waals surface area contributed by atoms with Gasteiger partial charge in [-0.2, -0.15) is 0 Å². The summed E-state index contributed by atoms with van der Waals surface area (Å²) < 4.78 is 1.64. The second-order valence-electron chi connectivity index (χ2n) is 5.04. The van der Waals surface area contributed by atoms with Gasteiger partial charge in [-0.1, -0.05) is 23.7 Å². The summed E-state index contributed by atoms with van der Waals surface area (Å²) in [5, 5.41) is 14.7. The van der Waals surface area contributed by atoms with Gasteiger partial charge in [-0.3, -0.25) is 4.79 Å². The molecule has 2 N–H and O–H groups in total. The number of hydrogen-bond donors (Lipinski definition) is 2.